The molecule has 0 aliphatic carbocycles. The number of methoxy groups -OCH3 is 1. The SMILES string of the molecule is COc1ccc(F)c(-c2cnn3ccc(NCCN4CCN(C(C)=O)CC4)nc23)c1. The van der Waals surface area contributed by atoms with Gasteiger partial charge in [-0.15, -0.1) is 0 Å². The van der Waals surface area contributed by atoms with Gasteiger partial charge in [0.05, 0.1) is 13.3 Å². The maximum absolute atomic E-state index is 14.4. The maximum atomic E-state index is 14.4. The highest BCUT2D eigenvalue weighted by molar-refractivity contribution is 5.78. The number of carbonyl (C=O) groups excluding carboxylic acids is 1. The van der Waals surface area contributed by atoms with E-state index in [2.05, 4.69) is 20.3 Å². The number of halogens is 1. The highest BCUT2D eigenvalue weighted by Crippen LogP contribution is 2.29. The van der Waals surface area contributed by atoms with E-state index in [1.807, 2.05) is 11.0 Å². The van der Waals surface area contributed by atoms with Crippen molar-refractivity contribution in [2.75, 3.05) is 51.7 Å². The van der Waals surface area contributed by atoms with Crippen LogP contribution in [0.2, 0.25) is 0 Å². The van der Waals surface area contributed by atoms with E-state index in [-0.39, 0.29) is 11.7 Å². The number of fused-ring (bicyclic) bond motifs is 1. The molecule has 1 fully saturated rings. The third-order valence-electron chi connectivity index (χ3n) is 5.38. The minimum atomic E-state index is -0.351. The lowest BCUT2D eigenvalue weighted by molar-refractivity contribution is -0.130. The molecule has 1 amide bonds. The number of nitrogens with zero attached hydrogens (tertiary/aromatic N) is 5. The van der Waals surface area contributed by atoms with E-state index in [0.717, 1.165) is 39.3 Å². The summed E-state index contributed by atoms with van der Waals surface area (Å²) in [6.45, 7) is 6.47. The summed E-state index contributed by atoms with van der Waals surface area (Å²) in [6.07, 6.45) is 3.41. The van der Waals surface area contributed by atoms with E-state index in [9.17, 15) is 9.18 Å². The second kappa shape index (κ2) is 8.66. The number of amides is 1. The van der Waals surface area contributed by atoms with Gasteiger partial charge in [-0.25, -0.2) is 13.9 Å². The molecule has 1 aliphatic rings. The highest BCUT2D eigenvalue weighted by atomic mass is 19.1. The van der Waals surface area contributed by atoms with Crippen LogP contribution in [-0.4, -0.2) is 76.7 Å². The zero-order valence-corrected chi connectivity index (χ0v) is 17.1. The summed E-state index contributed by atoms with van der Waals surface area (Å²) in [5.41, 5.74) is 1.58. The molecule has 0 radical (unpaired) electrons. The molecule has 1 saturated heterocycles. The van der Waals surface area contributed by atoms with Gasteiger partial charge >= 0.3 is 0 Å². The van der Waals surface area contributed by atoms with Gasteiger partial charge in [-0.05, 0) is 24.3 Å². The third-order valence-corrected chi connectivity index (χ3v) is 5.38. The van der Waals surface area contributed by atoms with Crippen molar-refractivity contribution in [2.45, 2.75) is 6.92 Å². The second-order valence-corrected chi connectivity index (χ2v) is 7.26. The van der Waals surface area contributed by atoms with Gasteiger partial charge in [-0.1, -0.05) is 0 Å². The Bertz CT molecular complexity index is 1050. The molecule has 0 saturated carbocycles. The normalized spacial score (nSPS) is 14.8. The van der Waals surface area contributed by atoms with E-state index in [0.29, 0.717) is 28.3 Å². The van der Waals surface area contributed by atoms with Crippen molar-refractivity contribution in [1.29, 1.82) is 0 Å². The van der Waals surface area contributed by atoms with E-state index in [4.69, 9.17) is 4.74 Å². The molecule has 1 aliphatic heterocycles. The van der Waals surface area contributed by atoms with Crippen LogP contribution in [0.3, 0.4) is 0 Å². The van der Waals surface area contributed by atoms with E-state index in [1.165, 1.54) is 6.07 Å². The van der Waals surface area contributed by atoms with Crippen LogP contribution < -0.4 is 10.1 Å². The lowest BCUT2D eigenvalue weighted by Crippen LogP contribution is -2.49. The average molecular weight is 412 g/mol. The van der Waals surface area contributed by atoms with Crippen molar-refractivity contribution in [3.63, 3.8) is 0 Å². The molecule has 9 heteroatoms. The lowest BCUT2D eigenvalue weighted by atomic mass is 10.1. The zero-order valence-electron chi connectivity index (χ0n) is 17.1. The number of nitrogens with one attached hydrogen (secondary N) is 1. The van der Waals surface area contributed by atoms with Gasteiger partial charge < -0.3 is 15.0 Å². The predicted molar refractivity (Wildman–Crippen MR) is 112 cm³/mol. The molecule has 30 heavy (non-hydrogen) atoms. The number of aromatic nitrogens is 3. The maximum Gasteiger partial charge on any atom is 0.219 e. The van der Waals surface area contributed by atoms with Crippen molar-refractivity contribution < 1.29 is 13.9 Å². The standard InChI is InChI=1S/C21H25FN6O2/c1-15(29)27-11-9-26(10-12-27)8-6-23-20-5-7-28-21(25-20)18(14-24-28)17-13-16(30-2)3-4-19(17)22/h3-5,7,13-14H,6,8-12H2,1-2H3,(H,23,25). The van der Waals surface area contributed by atoms with E-state index >= 15 is 0 Å². The van der Waals surface area contributed by atoms with Crippen LogP contribution in [0, 0.1) is 5.82 Å². The number of carbonyl (C=O) groups is 1. The van der Waals surface area contributed by atoms with Crippen LogP contribution in [0.5, 0.6) is 5.75 Å². The fourth-order valence-corrected chi connectivity index (χ4v) is 3.62. The van der Waals surface area contributed by atoms with Crippen LogP contribution in [-0.2, 0) is 4.79 Å². The fourth-order valence-electron chi connectivity index (χ4n) is 3.62. The highest BCUT2D eigenvalue weighted by Gasteiger charge is 2.18. The molecule has 0 unspecified atom stereocenters. The Labute approximate surface area is 174 Å². The van der Waals surface area contributed by atoms with Gasteiger partial charge in [0.25, 0.3) is 0 Å². The van der Waals surface area contributed by atoms with Gasteiger partial charge in [0.2, 0.25) is 5.91 Å². The summed E-state index contributed by atoms with van der Waals surface area (Å²) in [4.78, 5) is 20.3. The average Bonchev–Trinajstić information content (AvgIpc) is 3.17. The van der Waals surface area contributed by atoms with Gasteiger partial charge in [0.1, 0.15) is 17.4 Å². The van der Waals surface area contributed by atoms with E-state index < -0.39 is 0 Å². The minimum Gasteiger partial charge on any atom is -0.497 e. The summed E-state index contributed by atoms with van der Waals surface area (Å²) in [7, 11) is 1.55. The van der Waals surface area contributed by atoms with Crippen molar-refractivity contribution in [3.05, 3.63) is 42.5 Å². The van der Waals surface area contributed by atoms with Crippen molar-refractivity contribution in [3.8, 4) is 16.9 Å². The summed E-state index contributed by atoms with van der Waals surface area (Å²) >= 11 is 0. The molecule has 3 heterocycles. The molecule has 4 rings (SSSR count). The lowest BCUT2D eigenvalue weighted by Gasteiger charge is -2.34. The molecule has 1 aromatic carbocycles. The molecule has 0 atom stereocenters. The molecular weight excluding hydrogens is 387 g/mol. The summed E-state index contributed by atoms with van der Waals surface area (Å²) in [5.74, 6) is 1.06. The second-order valence-electron chi connectivity index (χ2n) is 7.26. The Morgan fingerprint density at radius 1 is 1.20 bits per heavy atom. The molecule has 0 spiro atoms. The molecule has 158 valence electrons. The summed E-state index contributed by atoms with van der Waals surface area (Å²) in [5, 5.41) is 7.62. The van der Waals surface area contributed by atoms with Crippen molar-refractivity contribution >= 4 is 17.4 Å². The number of anilines is 1. The number of hydrogen-bond acceptors (Lipinski definition) is 6. The first-order valence-electron chi connectivity index (χ1n) is 9.95. The molecule has 0 bridgehead atoms. The quantitative estimate of drug-likeness (QED) is 0.669. The van der Waals surface area contributed by atoms with Gasteiger partial charge in [0, 0.05) is 63.5 Å². The monoisotopic (exact) mass is 412 g/mol. The van der Waals surface area contributed by atoms with Gasteiger partial charge in [0.15, 0.2) is 5.65 Å². The Morgan fingerprint density at radius 2 is 2.00 bits per heavy atom. The van der Waals surface area contributed by atoms with Crippen LogP contribution in [0.1, 0.15) is 6.92 Å². The molecule has 2 aromatic heterocycles. The summed E-state index contributed by atoms with van der Waals surface area (Å²) < 4.78 is 21.3. The number of hydrogen-bond donors (Lipinski definition) is 1. The first-order chi connectivity index (χ1) is 14.5. The first-order valence-corrected chi connectivity index (χ1v) is 9.95. The number of ether oxygens (including phenoxy) is 1. The Morgan fingerprint density at radius 3 is 2.73 bits per heavy atom. The Balaban J connectivity index is 1.44. The van der Waals surface area contributed by atoms with Crippen LogP contribution in [0.15, 0.2) is 36.7 Å². The minimum absolute atomic E-state index is 0.134. The van der Waals surface area contributed by atoms with Crippen LogP contribution >= 0.6 is 0 Å². The predicted octanol–water partition coefficient (Wildman–Crippen LogP) is 2.12. The largest absolute Gasteiger partial charge is 0.497 e. The van der Waals surface area contributed by atoms with Crippen LogP contribution in [0.25, 0.3) is 16.8 Å². The number of benzene rings is 1. The molecular formula is C21H25FN6O2. The first kappa shape index (κ1) is 20.1. The van der Waals surface area contributed by atoms with Crippen molar-refractivity contribution in [2.24, 2.45) is 0 Å². The molecule has 8 nitrogen and oxygen atoms in total. The van der Waals surface area contributed by atoms with Gasteiger partial charge in [-0.3, -0.25) is 9.69 Å². The molecule has 1 N–H and O–H groups in total. The van der Waals surface area contributed by atoms with Gasteiger partial charge in [-0.2, -0.15) is 5.10 Å². The Kier molecular flexibility index (Phi) is 5.80. The third kappa shape index (κ3) is 4.20. The smallest absolute Gasteiger partial charge is 0.219 e. The zero-order chi connectivity index (χ0) is 21.1. The molecule has 3 aromatic rings. The summed E-state index contributed by atoms with van der Waals surface area (Å²) in [6, 6.07) is 6.46. The Hall–Kier alpha value is -3.20. The van der Waals surface area contributed by atoms with Crippen LogP contribution in [0.4, 0.5) is 10.2 Å². The number of rotatable bonds is 6. The van der Waals surface area contributed by atoms with Crippen molar-refractivity contribution in [1.82, 2.24) is 24.4 Å². The topological polar surface area (TPSA) is 75.0 Å². The van der Waals surface area contributed by atoms with E-state index in [1.54, 1.807) is 43.1 Å². The number of piperazine rings is 1. The fraction of sp³-hybridized carbons (Fsp3) is 0.381.